The van der Waals surface area contributed by atoms with E-state index < -0.39 is 0 Å². The zero-order valence-corrected chi connectivity index (χ0v) is 14.1. The molecule has 6 nitrogen and oxygen atoms in total. The molecule has 0 unspecified atom stereocenters. The van der Waals surface area contributed by atoms with Gasteiger partial charge in [0.2, 0.25) is 0 Å². The maximum atomic E-state index is 12.7. The molecule has 0 radical (unpaired) electrons. The first kappa shape index (κ1) is 15.5. The smallest absolute Gasteiger partial charge is 0.279 e. The number of carbonyl (C=O) groups excluding carboxylic acids is 1. The van der Waals surface area contributed by atoms with E-state index in [2.05, 4.69) is 5.10 Å². The van der Waals surface area contributed by atoms with Crippen LogP contribution in [0.5, 0.6) is 11.5 Å². The number of anilines is 1. The van der Waals surface area contributed by atoms with Gasteiger partial charge in [-0.25, -0.2) is 4.68 Å². The van der Waals surface area contributed by atoms with Gasteiger partial charge in [0.25, 0.3) is 5.91 Å². The summed E-state index contributed by atoms with van der Waals surface area (Å²) in [5.74, 6) is 0.167. The number of fused-ring (bicyclic) bond motifs is 1. The number of methoxy groups -OCH3 is 1. The molecular formula is C18H14ClN3O3. The number of aromatic nitrogens is 2. The summed E-state index contributed by atoms with van der Waals surface area (Å²) in [6.07, 6.45) is 1.84. The molecule has 4 rings (SSSR count). The molecule has 1 aliphatic rings. The largest absolute Gasteiger partial charge is 0.504 e. The number of aromatic hydroxyl groups is 1. The summed E-state index contributed by atoms with van der Waals surface area (Å²) < 4.78 is 6.78. The van der Waals surface area contributed by atoms with E-state index in [9.17, 15) is 9.90 Å². The number of rotatable bonds is 3. The molecule has 0 aliphatic carbocycles. The highest BCUT2D eigenvalue weighted by atomic mass is 35.5. The molecule has 25 heavy (non-hydrogen) atoms. The average Bonchev–Trinajstić information content (AvgIpc) is 3.16. The molecule has 1 aromatic heterocycles. The normalized spacial score (nSPS) is 13.2. The summed E-state index contributed by atoms with van der Waals surface area (Å²) in [5, 5.41) is 14.8. The third-order valence-corrected chi connectivity index (χ3v) is 4.38. The van der Waals surface area contributed by atoms with E-state index >= 15 is 0 Å². The maximum absolute atomic E-state index is 12.7. The summed E-state index contributed by atoms with van der Waals surface area (Å²) in [4.78, 5) is 14.3. The van der Waals surface area contributed by atoms with Crippen molar-refractivity contribution in [1.82, 2.24) is 9.78 Å². The van der Waals surface area contributed by atoms with E-state index in [1.807, 2.05) is 18.3 Å². The van der Waals surface area contributed by atoms with Crippen molar-refractivity contribution in [1.29, 1.82) is 0 Å². The predicted molar refractivity (Wildman–Crippen MR) is 93.7 cm³/mol. The minimum atomic E-state index is -0.185. The first-order chi connectivity index (χ1) is 12.1. The van der Waals surface area contributed by atoms with Gasteiger partial charge in [0.1, 0.15) is 0 Å². The Morgan fingerprint density at radius 1 is 1.16 bits per heavy atom. The van der Waals surface area contributed by atoms with Gasteiger partial charge >= 0.3 is 0 Å². The molecule has 0 bridgehead atoms. The highest BCUT2D eigenvalue weighted by molar-refractivity contribution is 6.30. The van der Waals surface area contributed by atoms with Crippen LogP contribution in [0.2, 0.25) is 5.02 Å². The molecule has 0 fully saturated rings. The van der Waals surface area contributed by atoms with Gasteiger partial charge in [-0.3, -0.25) is 4.79 Å². The van der Waals surface area contributed by atoms with Crippen molar-refractivity contribution in [3.8, 4) is 17.2 Å². The van der Waals surface area contributed by atoms with Gasteiger partial charge in [-0.15, -0.1) is 0 Å². The Bertz CT molecular complexity index is 966. The quantitative estimate of drug-likeness (QED) is 0.782. The molecule has 2 heterocycles. The average molecular weight is 356 g/mol. The number of phenols is 1. The van der Waals surface area contributed by atoms with E-state index in [-0.39, 0.29) is 11.7 Å². The van der Waals surface area contributed by atoms with Gasteiger partial charge < -0.3 is 14.7 Å². The van der Waals surface area contributed by atoms with Crippen molar-refractivity contribution in [2.24, 2.45) is 0 Å². The highest BCUT2D eigenvalue weighted by Crippen LogP contribution is 2.34. The molecule has 0 saturated heterocycles. The van der Waals surface area contributed by atoms with Crippen LogP contribution in [0.1, 0.15) is 16.1 Å². The minimum Gasteiger partial charge on any atom is -0.504 e. The van der Waals surface area contributed by atoms with Crippen molar-refractivity contribution in [2.75, 3.05) is 12.0 Å². The van der Waals surface area contributed by atoms with Crippen LogP contribution in [0.4, 0.5) is 5.69 Å². The molecule has 0 atom stereocenters. The van der Waals surface area contributed by atoms with Crippen molar-refractivity contribution in [2.45, 2.75) is 6.54 Å². The van der Waals surface area contributed by atoms with E-state index in [0.717, 1.165) is 11.3 Å². The Labute approximate surface area is 148 Å². The standard InChI is InChI=1S/C18H14ClN3O3/c1-25-16-8-14(6-7-15(16)23)21-9-11-10-22(20-17(11)18(21)24)13-4-2-12(19)3-5-13/h2-8,10,23H,9H2,1H3. The Morgan fingerprint density at radius 2 is 1.88 bits per heavy atom. The van der Waals surface area contributed by atoms with Crippen molar-refractivity contribution in [3.05, 3.63) is 64.9 Å². The van der Waals surface area contributed by atoms with Gasteiger partial charge in [-0.2, -0.15) is 5.10 Å². The topological polar surface area (TPSA) is 67.6 Å². The zero-order chi connectivity index (χ0) is 17.6. The first-order valence-corrected chi connectivity index (χ1v) is 7.98. The third kappa shape index (κ3) is 2.60. The Kier molecular flexibility index (Phi) is 3.62. The van der Waals surface area contributed by atoms with Gasteiger partial charge in [0, 0.05) is 28.5 Å². The number of nitrogens with zero attached hydrogens (tertiary/aromatic N) is 3. The van der Waals surface area contributed by atoms with Crippen LogP contribution in [0.15, 0.2) is 48.7 Å². The van der Waals surface area contributed by atoms with Gasteiger partial charge in [-0.05, 0) is 36.4 Å². The van der Waals surface area contributed by atoms with Gasteiger partial charge in [-0.1, -0.05) is 11.6 Å². The first-order valence-electron chi connectivity index (χ1n) is 7.60. The molecule has 0 saturated carbocycles. The van der Waals surface area contributed by atoms with Crippen molar-refractivity contribution >= 4 is 23.2 Å². The number of halogens is 1. The number of hydrogen-bond donors (Lipinski definition) is 1. The van der Waals surface area contributed by atoms with Crippen LogP contribution in [0.3, 0.4) is 0 Å². The van der Waals surface area contributed by atoms with Crippen LogP contribution in [0, 0.1) is 0 Å². The summed E-state index contributed by atoms with van der Waals surface area (Å²) in [5.41, 5.74) is 2.74. The Hall–Kier alpha value is -2.99. The number of phenolic OH excluding ortho intramolecular Hbond substituents is 1. The van der Waals surface area contributed by atoms with Crippen LogP contribution < -0.4 is 9.64 Å². The van der Waals surface area contributed by atoms with Crippen molar-refractivity contribution < 1.29 is 14.6 Å². The van der Waals surface area contributed by atoms with Crippen LogP contribution in [0.25, 0.3) is 5.69 Å². The summed E-state index contributed by atoms with van der Waals surface area (Å²) in [6, 6.07) is 12.1. The van der Waals surface area contributed by atoms with Crippen molar-refractivity contribution in [3.63, 3.8) is 0 Å². The number of benzene rings is 2. The zero-order valence-electron chi connectivity index (χ0n) is 13.3. The van der Waals surface area contributed by atoms with E-state index in [1.165, 1.54) is 13.2 Å². The molecule has 1 amide bonds. The second-order valence-corrected chi connectivity index (χ2v) is 6.11. The number of carbonyl (C=O) groups is 1. The number of hydrogen-bond acceptors (Lipinski definition) is 4. The lowest BCUT2D eigenvalue weighted by Crippen LogP contribution is -2.24. The second-order valence-electron chi connectivity index (χ2n) is 5.67. The molecule has 0 spiro atoms. The molecule has 3 aromatic rings. The second kappa shape index (κ2) is 5.82. The molecule has 7 heteroatoms. The fraction of sp³-hybridized carbons (Fsp3) is 0.111. The van der Waals surface area contributed by atoms with E-state index in [0.29, 0.717) is 28.7 Å². The highest BCUT2D eigenvalue weighted by Gasteiger charge is 2.32. The fourth-order valence-electron chi connectivity index (χ4n) is 2.84. The lowest BCUT2D eigenvalue weighted by Gasteiger charge is -2.17. The lowest BCUT2D eigenvalue weighted by molar-refractivity contribution is 0.0991. The monoisotopic (exact) mass is 355 g/mol. The van der Waals surface area contributed by atoms with Gasteiger partial charge in [0.15, 0.2) is 17.2 Å². The van der Waals surface area contributed by atoms with Crippen LogP contribution in [-0.2, 0) is 6.54 Å². The van der Waals surface area contributed by atoms with Gasteiger partial charge in [0.05, 0.1) is 19.3 Å². The summed E-state index contributed by atoms with van der Waals surface area (Å²) in [7, 11) is 1.47. The summed E-state index contributed by atoms with van der Waals surface area (Å²) in [6.45, 7) is 0.412. The predicted octanol–water partition coefficient (Wildman–Crippen LogP) is 3.40. The SMILES string of the molecule is COc1cc(N2Cc3cn(-c4ccc(Cl)cc4)nc3C2=O)ccc1O. The number of ether oxygens (including phenoxy) is 1. The Morgan fingerprint density at radius 3 is 2.56 bits per heavy atom. The molecular weight excluding hydrogens is 342 g/mol. The van der Waals surface area contributed by atoms with E-state index in [1.54, 1.807) is 33.8 Å². The van der Waals surface area contributed by atoms with Crippen LogP contribution in [-0.4, -0.2) is 27.9 Å². The maximum Gasteiger partial charge on any atom is 0.279 e. The lowest BCUT2D eigenvalue weighted by atomic mass is 10.2. The third-order valence-electron chi connectivity index (χ3n) is 4.13. The molecule has 2 aromatic carbocycles. The van der Waals surface area contributed by atoms with Crippen LogP contribution >= 0.6 is 11.6 Å². The minimum absolute atomic E-state index is 0.0311. The van der Waals surface area contributed by atoms with E-state index in [4.69, 9.17) is 16.3 Å². The molecule has 1 aliphatic heterocycles. The Balaban J connectivity index is 1.64. The summed E-state index contributed by atoms with van der Waals surface area (Å²) >= 11 is 5.90. The molecule has 126 valence electrons. The fourth-order valence-corrected chi connectivity index (χ4v) is 2.97. The molecule has 1 N–H and O–H groups in total. The number of amides is 1.